The number of carbonyl (C=O) groups is 1. The maximum Gasteiger partial charge on any atom is 0.261 e. The number of aryl methyl sites for hydroxylation is 2. The predicted octanol–water partition coefficient (Wildman–Crippen LogP) is 1.87. The molecule has 2 aliphatic rings. The monoisotopic (exact) mass is 376 g/mol. The van der Waals surface area contributed by atoms with Gasteiger partial charge < -0.3 is 10.2 Å². The summed E-state index contributed by atoms with van der Waals surface area (Å²) >= 11 is 0. The van der Waals surface area contributed by atoms with Gasteiger partial charge in [0, 0.05) is 31.6 Å². The van der Waals surface area contributed by atoms with Crippen molar-refractivity contribution in [1.82, 2.24) is 19.8 Å². The van der Waals surface area contributed by atoms with Crippen LogP contribution in [0.4, 0.5) is 0 Å². The summed E-state index contributed by atoms with van der Waals surface area (Å²) in [5, 5.41) is 4.03. The first-order valence-electron chi connectivity index (χ1n) is 9.12. The Morgan fingerprint density at radius 1 is 1.27 bits per heavy atom. The Labute approximate surface area is 159 Å². The van der Waals surface area contributed by atoms with Crippen LogP contribution in [-0.4, -0.2) is 45.5 Å². The highest BCUT2D eigenvalue weighted by Crippen LogP contribution is 2.28. The molecule has 1 amide bonds. The highest BCUT2D eigenvalue weighted by atomic mass is 35.5. The molecule has 2 aliphatic heterocycles. The summed E-state index contributed by atoms with van der Waals surface area (Å²) in [4.78, 5) is 31.9. The average Bonchev–Trinajstić information content (AvgIpc) is 2.87. The van der Waals surface area contributed by atoms with E-state index < -0.39 is 0 Å². The van der Waals surface area contributed by atoms with Crippen LogP contribution in [0.15, 0.2) is 29.3 Å². The van der Waals surface area contributed by atoms with Crippen LogP contribution < -0.4 is 10.9 Å². The van der Waals surface area contributed by atoms with E-state index in [1.54, 1.807) is 17.0 Å². The molecule has 1 aromatic heterocycles. The van der Waals surface area contributed by atoms with Crippen LogP contribution >= 0.6 is 12.4 Å². The first kappa shape index (κ1) is 18.9. The highest BCUT2D eigenvalue weighted by Gasteiger charge is 2.37. The van der Waals surface area contributed by atoms with Gasteiger partial charge in [-0.1, -0.05) is 12.1 Å². The Morgan fingerprint density at radius 2 is 2.08 bits per heavy atom. The van der Waals surface area contributed by atoms with E-state index in [2.05, 4.69) is 15.2 Å². The molecule has 1 N–H and O–H groups in total. The van der Waals surface area contributed by atoms with Crippen molar-refractivity contribution >= 4 is 29.2 Å². The molecule has 0 spiro atoms. The second-order valence-corrected chi connectivity index (χ2v) is 7.14. The van der Waals surface area contributed by atoms with Gasteiger partial charge in [0.2, 0.25) is 5.91 Å². The summed E-state index contributed by atoms with van der Waals surface area (Å²) in [5.74, 6) is 0.160. The number of hydrogen-bond donors (Lipinski definition) is 1. The van der Waals surface area contributed by atoms with Crippen molar-refractivity contribution in [3.05, 3.63) is 40.4 Å². The molecule has 0 aliphatic carbocycles. The van der Waals surface area contributed by atoms with E-state index in [1.165, 1.54) is 0 Å². The average molecular weight is 377 g/mol. The van der Waals surface area contributed by atoms with E-state index in [-0.39, 0.29) is 23.9 Å². The van der Waals surface area contributed by atoms with Crippen LogP contribution in [0, 0.1) is 6.92 Å². The topological polar surface area (TPSA) is 67.2 Å². The van der Waals surface area contributed by atoms with Crippen molar-refractivity contribution in [2.24, 2.45) is 0 Å². The summed E-state index contributed by atoms with van der Waals surface area (Å²) < 4.78 is 1.57. The lowest BCUT2D eigenvalue weighted by molar-refractivity contribution is -0.134. The number of amides is 1. The SMILES string of the molecule is Cc1cccc2c(=O)n(CCC(=O)N3C4CCNCC3CC4)cnc12.Cl. The second kappa shape index (κ2) is 7.76. The zero-order chi connectivity index (χ0) is 17.4. The summed E-state index contributed by atoms with van der Waals surface area (Å²) in [7, 11) is 0. The van der Waals surface area contributed by atoms with Gasteiger partial charge in [-0.2, -0.15) is 0 Å². The van der Waals surface area contributed by atoms with E-state index in [0.717, 1.165) is 43.4 Å². The van der Waals surface area contributed by atoms with E-state index in [9.17, 15) is 9.59 Å². The molecule has 6 nitrogen and oxygen atoms in total. The van der Waals surface area contributed by atoms with Gasteiger partial charge in [0.25, 0.3) is 5.56 Å². The number of carbonyl (C=O) groups excluding carboxylic acids is 1. The molecular weight excluding hydrogens is 352 g/mol. The Balaban J connectivity index is 0.00000196. The lowest BCUT2D eigenvalue weighted by Crippen LogP contribution is -2.43. The maximum atomic E-state index is 12.8. The van der Waals surface area contributed by atoms with Gasteiger partial charge in [-0.15, -0.1) is 12.4 Å². The number of benzene rings is 1. The molecule has 2 fully saturated rings. The molecule has 2 unspecified atom stereocenters. The zero-order valence-electron chi connectivity index (χ0n) is 15.0. The fourth-order valence-corrected chi connectivity index (χ4v) is 4.23. The largest absolute Gasteiger partial charge is 0.335 e. The van der Waals surface area contributed by atoms with E-state index in [4.69, 9.17) is 0 Å². The minimum atomic E-state index is -0.0676. The van der Waals surface area contributed by atoms with E-state index in [0.29, 0.717) is 30.4 Å². The molecule has 140 valence electrons. The molecular formula is C19H25ClN4O2. The molecule has 0 radical (unpaired) electrons. The Morgan fingerprint density at radius 3 is 2.92 bits per heavy atom. The number of nitrogens with one attached hydrogen (secondary N) is 1. The number of para-hydroxylation sites is 1. The third kappa shape index (κ3) is 3.35. The van der Waals surface area contributed by atoms with Gasteiger partial charge in [-0.25, -0.2) is 4.98 Å². The number of fused-ring (bicyclic) bond motifs is 3. The molecule has 2 bridgehead atoms. The summed E-state index contributed by atoms with van der Waals surface area (Å²) in [6, 6.07) is 6.30. The number of halogens is 1. The van der Waals surface area contributed by atoms with Gasteiger partial charge in [-0.3, -0.25) is 14.2 Å². The van der Waals surface area contributed by atoms with Crippen molar-refractivity contribution in [1.29, 1.82) is 0 Å². The molecule has 1 aromatic carbocycles. The summed E-state index contributed by atoms with van der Waals surface area (Å²) in [6.45, 7) is 4.21. The first-order valence-corrected chi connectivity index (χ1v) is 9.12. The molecule has 7 heteroatoms. The van der Waals surface area contributed by atoms with Crippen molar-refractivity contribution in [3.8, 4) is 0 Å². The minimum Gasteiger partial charge on any atom is -0.335 e. The Bertz CT molecular complexity index is 852. The lowest BCUT2D eigenvalue weighted by atomic mass is 10.1. The first-order chi connectivity index (χ1) is 12.1. The third-order valence-electron chi connectivity index (χ3n) is 5.56. The molecule has 26 heavy (non-hydrogen) atoms. The van der Waals surface area contributed by atoms with Crippen molar-refractivity contribution < 1.29 is 4.79 Å². The zero-order valence-corrected chi connectivity index (χ0v) is 15.8. The van der Waals surface area contributed by atoms with Gasteiger partial charge in [0.15, 0.2) is 0 Å². The molecule has 0 saturated carbocycles. The molecule has 2 saturated heterocycles. The normalized spacial score (nSPS) is 22.1. The summed E-state index contributed by atoms with van der Waals surface area (Å²) in [6.07, 6.45) is 5.14. The lowest BCUT2D eigenvalue weighted by Gasteiger charge is -2.28. The Hall–Kier alpha value is -1.92. The van der Waals surface area contributed by atoms with Crippen LogP contribution in [0.2, 0.25) is 0 Å². The quantitative estimate of drug-likeness (QED) is 0.888. The highest BCUT2D eigenvalue weighted by molar-refractivity contribution is 5.85. The van der Waals surface area contributed by atoms with Gasteiger partial charge in [0.1, 0.15) is 0 Å². The molecule has 4 rings (SSSR count). The van der Waals surface area contributed by atoms with Gasteiger partial charge in [0.05, 0.1) is 17.2 Å². The van der Waals surface area contributed by atoms with Crippen LogP contribution in [0.3, 0.4) is 0 Å². The second-order valence-electron chi connectivity index (χ2n) is 7.14. The van der Waals surface area contributed by atoms with Crippen LogP contribution in [0.1, 0.15) is 31.2 Å². The standard InChI is InChI=1S/C19H24N4O2.ClH/c1-13-3-2-4-16-18(13)21-12-22(19(16)25)10-8-17(24)23-14-5-6-15(23)11-20-9-7-14;/h2-4,12,14-15,20H,5-11H2,1H3;1H. The maximum absolute atomic E-state index is 12.8. The molecule has 2 atom stereocenters. The van der Waals surface area contributed by atoms with Crippen molar-refractivity contribution in [2.45, 2.75) is 51.2 Å². The van der Waals surface area contributed by atoms with Gasteiger partial charge >= 0.3 is 0 Å². The van der Waals surface area contributed by atoms with Crippen molar-refractivity contribution in [2.75, 3.05) is 13.1 Å². The van der Waals surface area contributed by atoms with E-state index >= 15 is 0 Å². The molecule has 3 heterocycles. The van der Waals surface area contributed by atoms with Crippen LogP contribution in [0.25, 0.3) is 10.9 Å². The fourth-order valence-electron chi connectivity index (χ4n) is 4.23. The fraction of sp³-hybridized carbons (Fsp3) is 0.526. The number of hydrogen-bond acceptors (Lipinski definition) is 4. The van der Waals surface area contributed by atoms with Crippen LogP contribution in [0.5, 0.6) is 0 Å². The molecule has 2 aromatic rings. The Kier molecular flexibility index (Phi) is 5.63. The minimum absolute atomic E-state index is 0. The van der Waals surface area contributed by atoms with Crippen molar-refractivity contribution in [3.63, 3.8) is 0 Å². The van der Waals surface area contributed by atoms with E-state index in [1.807, 2.05) is 19.1 Å². The van der Waals surface area contributed by atoms with Crippen LogP contribution in [-0.2, 0) is 11.3 Å². The number of aromatic nitrogens is 2. The number of rotatable bonds is 3. The van der Waals surface area contributed by atoms with Gasteiger partial charge in [-0.05, 0) is 44.4 Å². The third-order valence-corrected chi connectivity index (χ3v) is 5.56. The summed E-state index contributed by atoms with van der Waals surface area (Å²) in [5.41, 5.74) is 1.67. The predicted molar refractivity (Wildman–Crippen MR) is 104 cm³/mol. The smallest absolute Gasteiger partial charge is 0.261 e. The number of nitrogens with zero attached hydrogens (tertiary/aromatic N) is 3.